The number of nitriles is 2. The van der Waals surface area contributed by atoms with Crippen LogP contribution < -0.4 is 34.7 Å². The summed E-state index contributed by atoms with van der Waals surface area (Å²) in [6, 6.07) is 0. The van der Waals surface area contributed by atoms with Gasteiger partial charge in [0.15, 0.2) is 0 Å². The smallest absolute Gasteiger partial charge is 0.853 e. The monoisotopic (exact) mass is 161 g/mol. The summed E-state index contributed by atoms with van der Waals surface area (Å²) in [4.78, 5) is 12.6. The molecule has 0 aliphatic carbocycles. The first kappa shape index (κ1) is 12.6. The number of esters is 1. The van der Waals surface area contributed by atoms with Gasteiger partial charge in [-0.05, 0) is 0 Å². The maximum atomic E-state index is 10.1. The van der Waals surface area contributed by atoms with Crippen molar-refractivity contribution in [2.45, 2.75) is 0 Å². The van der Waals surface area contributed by atoms with E-state index in [4.69, 9.17) is 10.5 Å². The molecule has 0 saturated carbocycles. The molecular weight excluding hydrogens is 161 g/mol. The number of carbonyl (C=O) groups is 1. The van der Waals surface area contributed by atoms with E-state index in [1.165, 1.54) is 0 Å². The molecule has 0 unspecified atom stereocenters. The largest absolute Gasteiger partial charge is 1.00 e. The molecule has 0 aromatic carbocycles. The zero-order valence-electron chi connectivity index (χ0n) is 5.57. The van der Waals surface area contributed by atoms with Crippen molar-refractivity contribution in [1.82, 2.24) is 0 Å². The van der Waals surface area contributed by atoms with Crippen LogP contribution in [-0.2, 0) is 9.53 Å². The van der Waals surface area contributed by atoms with E-state index < -0.39 is 11.9 Å². The van der Waals surface area contributed by atoms with E-state index >= 15 is 0 Å². The van der Waals surface area contributed by atoms with Crippen LogP contribution >= 0.6 is 0 Å². The van der Waals surface area contributed by atoms with Crippen LogP contribution in [0.3, 0.4) is 0 Å². The average molecular weight is 161 g/mol. The van der Waals surface area contributed by atoms with E-state index in [9.17, 15) is 9.90 Å². The second-order valence-electron chi connectivity index (χ2n) is 0.998. The Balaban J connectivity index is 0. The van der Waals surface area contributed by atoms with Crippen LogP contribution in [-0.4, -0.2) is 11.9 Å². The van der Waals surface area contributed by atoms with Gasteiger partial charge in [0.2, 0.25) is 6.19 Å². The van der Waals surface area contributed by atoms with Crippen LogP contribution in [0.1, 0.15) is 0 Å². The van der Waals surface area contributed by atoms with Gasteiger partial charge in [-0.15, -0.1) is 5.26 Å². The van der Waals surface area contributed by atoms with Gasteiger partial charge in [-0.1, -0.05) is 0 Å². The van der Waals surface area contributed by atoms with Crippen molar-refractivity contribution in [1.29, 1.82) is 10.5 Å². The van der Waals surface area contributed by atoms with Crippen LogP contribution in [0.4, 0.5) is 0 Å². The molecule has 0 rings (SSSR count). The molecule has 0 aromatic rings. The molecule has 0 aliphatic heterocycles. The minimum absolute atomic E-state index is 0. The molecule has 0 fully saturated rings. The Kier molecular flexibility index (Phi) is 8.04. The summed E-state index contributed by atoms with van der Waals surface area (Å²) in [5.41, 5.74) is 0. The summed E-state index contributed by atoms with van der Waals surface area (Å²) in [6.07, 6.45) is 2.04. The molecule has 11 heavy (non-hydrogen) atoms. The van der Waals surface area contributed by atoms with Gasteiger partial charge in [0.05, 0.1) is 5.90 Å². The van der Waals surface area contributed by atoms with Gasteiger partial charge in [-0.3, -0.25) is 0 Å². The van der Waals surface area contributed by atoms with Crippen molar-refractivity contribution in [2.75, 3.05) is 0 Å². The Morgan fingerprint density at radius 3 is 2.45 bits per heavy atom. The van der Waals surface area contributed by atoms with Crippen LogP contribution in [0.15, 0.2) is 4.99 Å². The van der Waals surface area contributed by atoms with Crippen LogP contribution in [0.2, 0.25) is 0 Å². The summed E-state index contributed by atoms with van der Waals surface area (Å²) in [5.74, 6) is -2.84. The van der Waals surface area contributed by atoms with E-state index in [0.717, 1.165) is 12.4 Å². The summed E-state index contributed by atoms with van der Waals surface area (Å²) < 4.78 is 3.53. The predicted molar refractivity (Wildman–Crippen MR) is 24.8 cm³/mol. The predicted octanol–water partition coefficient (Wildman–Crippen LogP) is -4.75. The first-order valence-corrected chi connectivity index (χ1v) is 1.96. The summed E-state index contributed by atoms with van der Waals surface area (Å²) in [6.45, 7) is 0. The fourth-order valence-electron chi connectivity index (χ4n) is 0.176. The van der Waals surface area contributed by atoms with E-state index in [1.54, 1.807) is 0 Å². The third kappa shape index (κ3) is 5.37. The number of rotatable bonds is 0. The number of nitrogens with zero attached hydrogens (tertiary/aromatic N) is 3. The molecule has 0 bridgehead atoms. The molecule has 0 heterocycles. The van der Waals surface area contributed by atoms with Crippen molar-refractivity contribution < 1.29 is 44.2 Å². The molecule has 0 atom stereocenters. The Morgan fingerprint density at radius 1 is 1.55 bits per heavy atom. The van der Waals surface area contributed by atoms with Gasteiger partial charge in [-0.25, -0.2) is 4.79 Å². The van der Waals surface area contributed by atoms with E-state index in [2.05, 4.69) is 9.73 Å². The van der Waals surface area contributed by atoms with Gasteiger partial charge < -0.3 is 9.84 Å². The molecular formula is C4N3NaO3. The Hall–Kier alpha value is -1.08. The van der Waals surface area contributed by atoms with Gasteiger partial charge in [0.1, 0.15) is 0 Å². The number of ether oxygens (including phenoxy) is 1. The van der Waals surface area contributed by atoms with Crippen LogP contribution in [0.25, 0.3) is 0 Å². The molecule has 7 heteroatoms. The van der Waals surface area contributed by atoms with Crippen molar-refractivity contribution in [3.05, 3.63) is 0 Å². The van der Waals surface area contributed by atoms with Crippen molar-refractivity contribution in [3.8, 4) is 12.4 Å². The third-order valence-corrected chi connectivity index (χ3v) is 0.465. The second kappa shape index (κ2) is 7.03. The molecule has 50 valence electrons. The molecule has 0 amide bonds. The van der Waals surface area contributed by atoms with Gasteiger partial charge in [0, 0.05) is 0 Å². The normalized spacial score (nSPS) is 8.36. The fraction of sp³-hybridized carbons (Fsp3) is 0. The Labute approximate surface area is 84.0 Å². The molecule has 0 radical (unpaired) electrons. The molecule has 0 saturated heterocycles. The zero-order chi connectivity index (χ0) is 7.98. The van der Waals surface area contributed by atoms with Crippen LogP contribution in [0, 0.1) is 23.0 Å². The van der Waals surface area contributed by atoms with E-state index in [-0.39, 0.29) is 29.6 Å². The average Bonchev–Trinajstić information content (AvgIpc) is 1.89. The molecule has 0 N–H and O–H groups in total. The fourth-order valence-corrected chi connectivity index (χ4v) is 0.176. The van der Waals surface area contributed by atoms with E-state index in [0.29, 0.717) is 0 Å². The summed E-state index contributed by atoms with van der Waals surface area (Å²) in [7, 11) is 0. The SMILES string of the molecule is N#CN=C([O-])C(=O)OC#N.[Na+]. The first-order chi connectivity index (χ1) is 4.72. The second-order valence-corrected chi connectivity index (χ2v) is 0.998. The third-order valence-electron chi connectivity index (χ3n) is 0.465. The van der Waals surface area contributed by atoms with E-state index in [1.807, 2.05) is 0 Å². The Bertz CT molecular complexity index is 248. The number of hydrogen-bond acceptors (Lipinski definition) is 6. The number of carbonyl (C=O) groups excluding carboxylic acids is 1. The topological polar surface area (TPSA) is 109 Å². The first-order valence-electron chi connectivity index (χ1n) is 1.96. The minimum Gasteiger partial charge on any atom is -0.853 e. The van der Waals surface area contributed by atoms with Gasteiger partial charge in [-0.2, -0.15) is 10.3 Å². The molecule has 0 aliphatic rings. The standard InChI is InChI=1S/C4HN3O3.Na/c5-1-7-3(8)4(9)10-2-6;/h(H,7,8);/q;+1/p-1. The quantitative estimate of drug-likeness (QED) is 0.116. The summed E-state index contributed by atoms with van der Waals surface area (Å²) in [5, 5.41) is 25.5. The van der Waals surface area contributed by atoms with Crippen LogP contribution in [0.5, 0.6) is 0 Å². The Morgan fingerprint density at radius 2 is 2.09 bits per heavy atom. The zero-order valence-corrected chi connectivity index (χ0v) is 7.57. The van der Waals surface area contributed by atoms with Gasteiger partial charge >= 0.3 is 35.5 Å². The molecule has 6 nitrogen and oxygen atoms in total. The molecule has 0 spiro atoms. The van der Waals surface area contributed by atoms with Crippen molar-refractivity contribution in [3.63, 3.8) is 0 Å². The van der Waals surface area contributed by atoms with Crippen molar-refractivity contribution >= 4 is 11.9 Å². The molecule has 0 aromatic heterocycles. The van der Waals surface area contributed by atoms with Gasteiger partial charge in [0.25, 0.3) is 6.26 Å². The van der Waals surface area contributed by atoms with Crippen molar-refractivity contribution in [2.24, 2.45) is 4.99 Å². The maximum Gasteiger partial charge on any atom is 1.00 e. The number of aliphatic imine (C=N–C) groups is 1. The minimum atomic E-state index is -1.45. The number of hydrogen-bond donors (Lipinski definition) is 0. The summed E-state index contributed by atoms with van der Waals surface area (Å²) >= 11 is 0. The maximum absolute atomic E-state index is 10.1.